The van der Waals surface area contributed by atoms with Gasteiger partial charge in [0.1, 0.15) is 0 Å². The summed E-state index contributed by atoms with van der Waals surface area (Å²) in [6.45, 7) is 0. The van der Waals surface area contributed by atoms with Crippen molar-refractivity contribution in [3.8, 4) is 62.2 Å². The first-order chi connectivity index (χ1) is 22.7. The van der Waals surface area contributed by atoms with Gasteiger partial charge in [-0.3, -0.25) is 9.97 Å². The second-order valence-corrected chi connectivity index (χ2v) is 11.3. The van der Waals surface area contributed by atoms with E-state index in [0.717, 1.165) is 66.9 Å². The van der Waals surface area contributed by atoms with Crippen molar-refractivity contribution in [2.24, 2.45) is 0 Å². The number of fused-ring (bicyclic) bond motifs is 2. The van der Waals surface area contributed by atoms with Gasteiger partial charge in [-0.1, -0.05) is 72.8 Å². The van der Waals surface area contributed by atoms with E-state index in [1.165, 1.54) is 10.8 Å². The summed E-state index contributed by atoms with van der Waals surface area (Å²) in [5.74, 6) is 0. The number of aromatic nitrogens is 3. The molecule has 0 spiro atoms. The molecule has 4 heteroatoms. The lowest BCUT2D eigenvalue weighted by atomic mass is 9.90. The lowest BCUT2D eigenvalue weighted by Gasteiger charge is -2.14. The van der Waals surface area contributed by atoms with E-state index in [9.17, 15) is 5.26 Å². The maximum Gasteiger partial charge on any atom is 0.0991 e. The van der Waals surface area contributed by atoms with Crippen LogP contribution in [0.15, 0.2) is 158 Å². The van der Waals surface area contributed by atoms with Crippen molar-refractivity contribution in [1.29, 1.82) is 5.26 Å². The molecule has 5 aromatic carbocycles. The molecule has 0 unspecified atom stereocenters. The van der Waals surface area contributed by atoms with Crippen molar-refractivity contribution in [3.05, 3.63) is 164 Å². The van der Waals surface area contributed by atoms with Crippen molar-refractivity contribution < 1.29 is 0 Å². The molecule has 46 heavy (non-hydrogen) atoms. The number of benzene rings is 5. The molecular formula is C42H26N4. The zero-order valence-corrected chi connectivity index (χ0v) is 24.8. The predicted molar refractivity (Wildman–Crippen MR) is 187 cm³/mol. The zero-order valence-electron chi connectivity index (χ0n) is 24.8. The zero-order chi connectivity index (χ0) is 30.9. The first kappa shape index (κ1) is 27.1. The van der Waals surface area contributed by atoms with Gasteiger partial charge in [-0.05, 0) is 128 Å². The maximum absolute atomic E-state index is 9.36. The Hall–Kier alpha value is -6.44. The molecule has 0 fully saturated rings. The SMILES string of the molecule is N#Cc1ccc(-c2cc3ccccc3cc2-c2ccc3ccc(-c4cc(-c5ccccn5)nc(-c5ccccn5)c4)cc3c2)cc1. The highest BCUT2D eigenvalue weighted by molar-refractivity contribution is 5.99. The highest BCUT2D eigenvalue weighted by Gasteiger charge is 2.13. The molecule has 0 aliphatic heterocycles. The summed E-state index contributed by atoms with van der Waals surface area (Å²) in [5.41, 5.74) is 10.5. The fourth-order valence-electron chi connectivity index (χ4n) is 6.02. The second kappa shape index (κ2) is 11.6. The minimum absolute atomic E-state index is 0.651. The van der Waals surface area contributed by atoms with Crippen LogP contribution in [-0.4, -0.2) is 15.0 Å². The van der Waals surface area contributed by atoms with E-state index in [1.54, 1.807) is 12.4 Å². The van der Waals surface area contributed by atoms with E-state index in [1.807, 2.05) is 60.7 Å². The van der Waals surface area contributed by atoms with Crippen LogP contribution in [0.25, 0.3) is 77.7 Å². The quantitative estimate of drug-likeness (QED) is 0.201. The van der Waals surface area contributed by atoms with Crippen molar-refractivity contribution in [1.82, 2.24) is 15.0 Å². The van der Waals surface area contributed by atoms with Crippen molar-refractivity contribution in [3.63, 3.8) is 0 Å². The largest absolute Gasteiger partial charge is 0.255 e. The lowest BCUT2D eigenvalue weighted by Crippen LogP contribution is -1.94. The van der Waals surface area contributed by atoms with Crippen LogP contribution in [0.5, 0.6) is 0 Å². The highest BCUT2D eigenvalue weighted by Crippen LogP contribution is 2.38. The van der Waals surface area contributed by atoms with Crippen LogP contribution in [0.3, 0.4) is 0 Å². The molecular weight excluding hydrogens is 560 g/mol. The average molecular weight is 587 g/mol. The first-order valence-corrected chi connectivity index (χ1v) is 15.1. The van der Waals surface area contributed by atoms with Crippen LogP contribution >= 0.6 is 0 Å². The van der Waals surface area contributed by atoms with Crippen LogP contribution in [0, 0.1) is 11.3 Å². The second-order valence-electron chi connectivity index (χ2n) is 11.3. The topological polar surface area (TPSA) is 62.5 Å². The predicted octanol–water partition coefficient (Wildman–Crippen LogP) is 10.4. The van der Waals surface area contributed by atoms with Crippen LogP contribution in [0.4, 0.5) is 0 Å². The van der Waals surface area contributed by atoms with Crippen LogP contribution in [-0.2, 0) is 0 Å². The normalized spacial score (nSPS) is 11.0. The standard InChI is InChI=1S/C42H26N4/c43-27-28-11-13-30(14-12-28)37-23-31-7-1-2-8-32(31)24-38(37)34-18-16-29-15-17-33(21-35(29)22-34)36-25-41(39-9-3-5-19-44-39)46-42(26-36)40-10-4-6-20-45-40/h1-26H. The van der Waals surface area contributed by atoms with Gasteiger partial charge in [0, 0.05) is 12.4 Å². The number of nitriles is 1. The van der Waals surface area contributed by atoms with Gasteiger partial charge in [0.25, 0.3) is 0 Å². The molecule has 0 aliphatic carbocycles. The summed E-state index contributed by atoms with van der Waals surface area (Å²) in [6.07, 6.45) is 3.58. The van der Waals surface area contributed by atoms with Gasteiger partial charge in [0.2, 0.25) is 0 Å². The summed E-state index contributed by atoms with van der Waals surface area (Å²) < 4.78 is 0. The van der Waals surface area contributed by atoms with Gasteiger partial charge in [0.15, 0.2) is 0 Å². The molecule has 8 rings (SSSR count). The third-order valence-corrected chi connectivity index (χ3v) is 8.38. The molecule has 0 bridgehead atoms. The number of rotatable bonds is 5. The Balaban J connectivity index is 1.28. The monoisotopic (exact) mass is 586 g/mol. The molecule has 4 nitrogen and oxygen atoms in total. The third-order valence-electron chi connectivity index (χ3n) is 8.38. The molecule has 0 N–H and O–H groups in total. The third kappa shape index (κ3) is 5.17. The molecule has 8 aromatic rings. The maximum atomic E-state index is 9.36. The van der Waals surface area contributed by atoms with Crippen LogP contribution < -0.4 is 0 Å². The molecule has 0 saturated carbocycles. The Morgan fingerprint density at radius 2 is 0.935 bits per heavy atom. The Kier molecular flexibility index (Phi) is 6.83. The van der Waals surface area contributed by atoms with Crippen molar-refractivity contribution >= 4 is 21.5 Å². The van der Waals surface area contributed by atoms with Gasteiger partial charge in [-0.25, -0.2) is 4.98 Å². The molecule has 3 heterocycles. The molecule has 0 atom stereocenters. The fourth-order valence-corrected chi connectivity index (χ4v) is 6.02. The van der Waals surface area contributed by atoms with Gasteiger partial charge >= 0.3 is 0 Å². The molecule has 0 amide bonds. The van der Waals surface area contributed by atoms with E-state index in [0.29, 0.717) is 5.56 Å². The summed E-state index contributed by atoms with van der Waals surface area (Å²) in [5, 5.41) is 14.0. The molecule has 0 saturated heterocycles. The Bertz CT molecular complexity index is 2350. The van der Waals surface area contributed by atoms with Gasteiger partial charge < -0.3 is 0 Å². The van der Waals surface area contributed by atoms with E-state index in [-0.39, 0.29) is 0 Å². The van der Waals surface area contributed by atoms with Gasteiger partial charge in [0.05, 0.1) is 34.4 Å². The Morgan fingerprint density at radius 1 is 0.391 bits per heavy atom. The van der Waals surface area contributed by atoms with Gasteiger partial charge in [-0.15, -0.1) is 0 Å². The molecule has 0 aliphatic rings. The van der Waals surface area contributed by atoms with Crippen molar-refractivity contribution in [2.45, 2.75) is 0 Å². The lowest BCUT2D eigenvalue weighted by molar-refractivity contribution is 1.22. The summed E-state index contributed by atoms with van der Waals surface area (Å²) >= 11 is 0. The summed E-state index contributed by atoms with van der Waals surface area (Å²) in [6, 6.07) is 52.3. The van der Waals surface area contributed by atoms with E-state index < -0.39 is 0 Å². The number of hydrogen-bond donors (Lipinski definition) is 0. The molecule has 0 radical (unpaired) electrons. The minimum atomic E-state index is 0.651. The van der Waals surface area contributed by atoms with Crippen molar-refractivity contribution in [2.75, 3.05) is 0 Å². The molecule has 3 aromatic heterocycles. The summed E-state index contributed by atoms with van der Waals surface area (Å²) in [4.78, 5) is 14.1. The highest BCUT2D eigenvalue weighted by atomic mass is 14.8. The van der Waals surface area contributed by atoms with Crippen LogP contribution in [0.1, 0.15) is 5.56 Å². The average Bonchev–Trinajstić information content (AvgIpc) is 3.14. The summed E-state index contributed by atoms with van der Waals surface area (Å²) in [7, 11) is 0. The Labute approximate surface area is 266 Å². The van der Waals surface area contributed by atoms with Crippen LogP contribution in [0.2, 0.25) is 0 Å². The minimum Gasteiger partial charge on any atom is -0.255 e. The number of hydrogen-bond acceptors (Lipinski definition) is 4. The van der Waals surface area contributed by atoms with Gasteiger partial charge in [-0.2, -0.15) is 5.26 Å². The van der Waals surface area contributed by atoms with E-state index >= 15 is 0 Å². The Morgan fingerprint density at radius 3 is 1.52 bits per heavy atom. The first-order valence-electron chi connectivity index (χ1n) is 15.1. The van der Waals surface area contributed by atoms with E-state index in [2.05, 4.69) is 101 Å². The van der Waals surface area contributed by atoms with E-state index in [4.69, 9.17) is 4.98 Å². The number of pyridine rings is 3. The molecule has 214 valence electrons. The fraction of sp³-hybridized carbons (Fsp3) is 0. The smallest absolute Gasteiger partial charge is 0.0991 e. The number of nitrogens with zero attached hydrogens (tertiary/aromatic N) is 4.